The van der Waals surface area contributed by atoms with Crippen molar-refractivity contribution >= 4 is 23.3 Å². The number of ether oxygens (including phenoxy) is 1. The predicted octanol–water partition coefficient (Wildman–Crippen LogP) is 4.94. The Labute approximate surface area is 171 Å². The van der Waals surface area contributed by atoms with Gasteiger partial charge in [0.05, 0.1) is 17.4 Å². The molecule has 1 aliphatic carbocycles. The molecule has 2 N–H and O–H groups in total. The maximum Gasteiger partial charge on any atom is 0.319 e. The van der Waals surface area contributed by atoms with Crippen molar-refractivity contribution in [3.8, 4) is 6.01 Å². The molecule has 0 atom stereocenters. The predicted molar refractivity (Wildman–Crippen MR) is 111 cm³/mol. The largest absolute Gasteiger partial charge is 0.460 e. The molecule has 2 aromatic rings. The molecule has 6 nitrogen and oxygen atoms in total. The fraction of sp³-hybridized carbons (Fsp3) is 0.476. The van der Waals surface area contributed by atoms with Crippen LogP contribution in [0.25, 0.3) is 0 Å². The van der Waals surface area contributed by atoms with Crippen LogP contribution in [0, 0.1) is 0 Å². The van der Waals surface area contributed by atoms with Crippen LogP contribution in [0.15, 0.2) is 36.7 Å². The SMILES string of the molecule is CC(C)(C)c1ccc(NC(=O)NC2CCC(Oc3ncc(Cl)cn3)CC2)cc1. The second-order valence-corrected chi connectivity index (χ2v) is 8.64. The van der Waals surface area contributed by atoms with Crippen molar-refractivity contribution in [2.45, 2.75) is 64.0 Å². The number of nitrogens with one attached hydrogen (secondary N) is 2. The van der Waals surface area contributed by atoms with Gasteiger partial charge >= 0.3 is 12.0 Å². The molecule has 0 spiro atoms. The van der Waals surface area contributed by atoms with Crippen molar-refractivity contribution in [3.63, 3.8) is 0 Å². The number of anilines is 1. The summed E-state index contributed by atoms with van der Waals surface area (Å²) in [6.45, 7) is 6.50. The molecule has 1 aliphatic rings. The molecule has 1 saturated carbocycles. The Bertz CT molecular complexity index is 780. The summed E-state index contributed by atoms with van der Waals surface area (Å²) in [7, 11) is 0. The summed E-state index contributed by atoms with van der Waals surface area (Å²) in [5.41, 5.74) is 2.13. The summed E-state index contributed by atoms with van der Waals surface area (Å²) >= 11 is 5.78. The highest BCUT2D eigenvalue weighted by Crippen LogP contribution is 2.24. The second-order valence-electron chi connectivity index (χ2n) is 8.20. The van der Waals surface area contributed by atoms with Crippen molar-refractivity contribution in [2.75, 3.05) is 5.32 Å². The third-order valence-corrected chi connectivity index (χ3v) is 5.08. The van der Waals surface area contributed by atoms with Crippen LogP contribution >= 0.6 is 11.6 Å². The summed E-state index contributed by atoms with van der Waals surface area (Å²) in [4.78, 5) is 20.4. The van der Waals surface area contributed by atoms with E-state index in [1.54, 1.807) is 0 Å². The fourth-order valence-corrected chi connectivity index (χ4v) is 3.34. The molecule has 1 fully saturated rings. The van der Waals surface area contributed by atoms with Gasteiger partial charge in [-0.1, -0.05) is 44.5 Å². The summed E-state index contributed by atoms with van der Waals surface area (Å²) < 4.78 is 5.79. The Balaban J connectivity index is 1.42. The standard InChI is InChI=1S/C21H27ClN4O2/c1-21(2,3)14-4-6-16(7-5-14)25-19(27)26-17-8-10-18(11-9-17)28-20-23-12-15(22)13-24-20/h4-7,12-13,17-18H,8-11H2,1-3H3,(H2,25,26,27). The van der Waals surface area contributed by atoms with Gasteiger partial charge < -0.3 is 15.4 Å². The van der Waals surface area contributed by atoms with Crippen molar-refractivity contribution < 1.29 is 9.53 Å². The van der Waals surface area contributed by atoms with Crippen LogP contribution in [0.2, 0.25) is 5.02 Å². The van der Waals surface area contributed by atoms with Gasteiger partial charge in [-0.2, -0.15) is 0 Å². The minimum absolute atomic E-state index is 0.0622. The quantitative estimate of drug-likeness (QED) is 0.759. The van der Waals surface area contributed by atoms with Gasteiger partial charge in [0.25, 0.3) is 0 Å². The van der Waals surface area contributed by atoms with Crippen molar-refractivity contribution in [1.29, 1.82) is 0 Å². The lowest BCUT2D eigenvalue weighted by molar-refractivity contribution is 0.129. The summed E-state index contributed by atoms with van der Waals surface area (Å²) in [5.74, 6) is 0. The normalized spacial score (nSPS) is 19.7. The monoisotopic (exact) mass is 402 g/mol. The molecule has 0 bridgehead atoms. The molecule has 0 unspecified atom stereocenters. The average molecular weight is 403 g/mol. The number of carbonyl (C=O) groups excluding carboxylic acids is 1. The van der Waals surface area contributed by atoms with Crippen LogP contribution in [0.4, 0.5) is 10.5 Å². The molecule has 7 heteroatoms. The van der Waals surface area contributed by atoms with Gasteiger partial charge in [-0.25, -0.2) is 14.8 Å². The third-order valence-electron chi connectivity index (χ3n) is 4.89. The topological polar surface area (TPSA) is 76.1 Å². The zero-order valence-corrected chi connectivity index (χ0v) is 17.3. The zero-order chi connectivity index (χ0) is 20.1. The van der Waals surface area contributed by atoms with Crippen LogP contribution in [0.3, 0.4) is 0 Å². The maximum absolute atomic E-state index is 12.3. The number of nitrogens with zero attached hydrogens (tertiary/aromatic N) is 2. The number of amides is 2. The highest BCUT2D eigenvalue weighted by atomic mass is 35.5. The molecule has 1 aromatic heterocycles. The minimum Gasteiger partial charge on any atom is -0.460 e. The smallest absolute Gasteiger partial charge is 0.319 e. The lowest BCUT2D eigenvalue weighted by atomic mass is 9.87. The summed E-state index contributed by atoms with van der Waals surface area (Å²) in [5, 5.41) is 6.45. The maximum atomic E-state index is 12.3. The molecule has 150 valence electrons. The fourth-order valence-electron chi connectivity index (χ4n) is 3.24. The van der Waals surface area contributed by atoms with Gasteiger partial charge in [0.1, 0.15) is 6.10 Å². The van der Waals surface area contributed by atoms with E-state index in [2.05, 4.69) is 53.5 Å². The number of urea groups is 1. The zero-order valence-electron chi connectivity index (χ0n) is 16.5. The molecule has 0 saturated heterocycles. The van der Waals surface area contributed by atoms with Crippen LogP contribution in [-0.4, -0.2) is 28.1 Å². The van der Waals surface area contributed by atoms with Crippen molar-refractivity contribution in [3.05, 3.63) is 47.2 Å². The van der Waals surface area contributed by atoms with E-state index in [0.29, 0.717) is 11.0 Å². The molecule has 0 radical (unpaired) electrons. The number of aromatic nitrogens is 2. The Hall–Kier alpha value is -2.34. The van der Waals surface area contributed by atoms with Gasteiger partial charge in [0.2, 0.25) is 0 Å². The van der Waals surface area contributed by atoms with Crippen LogP contribution in [0.5, 0.6) is 6.01 Å². The molecule has 2 amide bonds. The van der Waals surface area contributed by atoms with Gasteiger partial charge in [-0.3, -0.25) is 0 Å². The minimum atomic E-state index is -0.172. The Kier molecular flexibility index (Phi) is 6.39. The van der Waals surface area contributed by atoms with Gasteiger partial charge in [0, 0.05) is 11.7 Å². The van der Waals surface area contributed by atoms with E-state index in [9.17, 15) is 4.79 Å². The second kappa shape index (κ2) is 8.78. The lowest BCUT2D eigenvalue weighted by Gasteiger charge is -2.28. The molecule has 1 aromatic carbocycles. The molecular formula is C21H27ClN4O2. The lowest BCUT2D eigenvalue weighted by Crippen LogP contribution is -2.41. The van der Waals surface area contributed by atoms with Crippen LogP contribution in [-0.2, 0) is 5.41 Å². The van der Waals surface area contributed by atoms with Gasteiger partial charge in [-0.15, -0.1) is 0 Å². The Morgan fingerprint density at radius 3 is 2.25 bits per heavy atom. The van der Waals surface area contributed by atoms with E-state index in [4.69, 9.17) is 16.3 Å². The van der Waals surface area contributed by atoms with E-state index in [-0.39, 0.29) is 23.6 Å². The van der Waals surface area contributed by atoms with E-state index in [1.807, 2.05) is 12.1 Å². The third kappa shape index (κ3) is 5.83. The van der Waals surface area contributed by atoms with Crippen LogP contribution < -0.4 is 15.4 Å². The molecule has 28 heavy (non-hydrogen) atoms. The first kappa shape index (κ1) is 20.4. The number of hydrogen-bond acceptors (Lipinski definition) is 4. The first-order chi connectivity index (χ1) is 13.3. The molecule has 0 aliphatic heterocycles. The molecule has 3 rings (SSSR count). The highest BCUT2D eigenvalue weighted by Gasteiger charge is 2.24. The van der Waals surface area contributed by atoms with Crippen molar-refractivity contribution in [1.82, 2.24) is 15.3 Å². The number of carbonyl (C=O) groups is 1. The van der Waals surface area contributed by atoms with E-state index in [0.717, 1.165) is 31.4 Å². The number of hydrogen-bond donors (Lipinski definition) is 2. The number of halogens is 1. The number of benzene rings is 1. The summed E-state index contributed by atoms with van der Waals surface area (Å²) in [6, 6.07) is 8.30. The molecule has 1 heterocycles. The van der Waals surface area contributed by atoms with Gasteiger partial charge in [-0.05, 0) is 48.8 Å². The first-order valence-corrected chi connectivity index (χ1v) is 9.99. The average Bonchev–Trinajstić information content (AvgIpc) is 2.65. The van der Waals surface area contributed by atoms with E-state index >= 15 is 0 Å². The first-order valence-electron chi connectivity index (χ1n) is 9.62. The van der Waals surface area contributed by atoms with Crippen LogP contribution in [0.1, 0.15) is 52.0 Å². The summed E-state index contributed by atoms with van der Waals surface area (Å²) in [6.07, 6.45) is 6.51. The Morgan fingerprint density at radius 1 is 1.07 bits per heavy atom. The Morgan fingerprint density at radius 2 is 1.68 bits per heavy atom. The van der Waals surface area contributed by atoms with Crippen molar-refractivity contribution in [2.24, 2.45) is 0 Å². The highest BCUT2D eigenvalue weighted by molar-refractivity contribution is 6.30. The number of rotatable bonds is 4. The van der Waals surface area contributed by atoms with E-state index < -0.39 is 0 Å². The molecular weight excluding hydrogens is 376 g/mol. The van der Waals surface area contributed by atoms with Gasteiger partial charge in [0.15, 0.2) is 0 Å². The van der Waals surface area contributed by atoms with E-state index in [1.165, 1.54) is 18.0 Å².